The lowest BCUT2D eigenvalue weighted by Crippen LogP contribution is -2.39. The maximum Gasteiger partial charge on any atom is 0.228 e. The lowest BCUT2D eigenvalue weighted by atomic mass is 9.77. The van der Waals surface area contributed by atoms with Crippen molar-refractivity contribution in [2.45, 2.75) is 25.2 Å². The Balaban J connectivity index is 1.90. The molecule has 114 valence electrons. The van der Waals surface area contributed by atoms with Crippen molar-refractivity contribution in [2.24, 2.45) is 0 Å². The molecule has 2 aromatic rings. The molecule has 1 saturated heterocycles. The molecule has 0 bridgehead atoms. The number of benzene rings is 2. The number of hydrogen-bond acceptors (Lipinski definition) is 2. The lowest BCUT2D eigenvalue weighted by molar-refractivity contribution is -0.124. The molecule has 3 rings (SSSR count). The van der Waals surface area contributed by atoms with E-state index in [4.69, 9.17) is 4.74 Å². The van der Waals surface area contributed by atoms with Gasteiger partial charge in [-0.1, -0.05) is 42.5 Å². The van der Waals surface area contributed by atoms with Gasteiger partial charge in [-0.15, -0.1) is 0 Å². The second-order valence-corrected chi connectivity index (χ2v) is 5.58. The highest BCUT2D eigenvalue weighted by Gasteiger charge is 2.34. The van der Waals surface area contributed by atoms with Crippen molar-refractivity contribution in [3.8, 4) is 5.75 Å². The highest BCUT2D eigenvalue weighted by atomic mass is 16.5. The van der Waals surface area contributed by atoms with Crippen molar-refractivity contribution in [2.75, 3.05) is 13.2 Å². The summed E-state index contributed by atoms with van der Waals surface area (Å²) >= 11 is 0. The molecule has 1 amide bonds. The zero-order valence-electron chi connectivity index (χ0n) is 12.8. The predicted octanol–water partition coefficient (Wildman–Crippen LogP) is 3.47. The number of carbonyl (C=O) groups excluding carboxylic acids is 1. The van der Waals surface area contributed by atoms with E-state index in [-0.39, 0.29) is 17.7 Å². The standard InChI is InChI=1S/C19H21NO2/c1-2-22-16-10-8-14(9-11-16)17-12-13-20-19(21)18(17)15-6-4-3-5-7-15/h3-11,17-18H,2,12-13H2,1H3,(H,20,21)/t17-,18-/m1/s1. The minimum atomic E-state index is -0.118. The molecule has 0 spiro atoms. The molecule has 2 atom stereocenters. The van der Waals surface area contributed by atoms with Crippen LogP contribution in [0.3, 0.4) is 0 Å². The molecule has 0 aliphatic carbocycles. The van der Waals surface area contributed by atoms with Crippen LogP contribution in [-0.4, -0.2) is 19.1 Å². The Morgan fingerprint density at radius 1 is 1.05 bits per heavy atom. The summed E-state index contributed by atoms with van der Waals surface area (Å²) in [4.78, 5) is 12.4. The number of rotatable bonds is 4. The van der Waals surface area contributed by atoms with Crippen molar-refractivity contribution in [3.63, 3.8) is 0 Å². The number of nitrogens with one attached hydrogen (secondary N) is 1. The molecule has 0 saturated carbocycles. The minimum absolute atomic E-state index is 0.118. The molecule has 2 aromatic carbocycles. The van der Waals surface area contributed by atoms with E-state index in [1.54, 1.807) is 0 Å². The number of amides is 1. The van der Waals surface area contributed by atoms with Gasteiger partial charge in [0.25, 0.3) is 0 Å². The Morgan fingerprint density at radius 3 is 2.45 bits per heavy atom. The largest absolute Gasteiger partial charge is 0.494 e. The predicted molar refractivity (Wildman–Crippen MR) is 87.2 cm³/mol. The van der Waals surface area contributed by atoms with Crippen LogP contribution in [0.5, 0.6) is 5.75 Å². The molecule has 1 aliphatic rings. The van der Waals surface area contributed by atoms with Crippen LogP contribution in [0.25, 0.3) is 0 Å². The topological polar surface area (TPSA) is 38.3 Å². The van der Waals surface area contributed by atoms with E-state index in [9.17, 15) is 4.79 Å². The first-order valence-corrected chi connectivity index (χ1v) is 7.85. The van der Waals surface area contributed by atoms with Gasteiger partial charge in [0.1, 0.15) is 5.75 Å². The summed E-state index contributed by atoms with van der Waals surface area (Å²) in [6.45, 7) is 3.38. The zero-order chi connectivity index (χ0) is 15.4. The minimum Gasteiger partial charge on any atom is -0.494 e. The van der Waals surface area contributed by atoms with Crippen LogP contribution >= 0.6 is 0 Å². The summed E-state index contributed by atoms with van der Waals surface area (Å²) in [5.41, 5.74) is 2.28. The summed E-state index contributed by atoms with van der Waals surface area (Å²) in [7, 11) is 0. The van der Waals surface area contributed by atoms with Crippen LogP contribution in [0.1, 0.15) is 36.3 Å². The van der Waals surface area contributed by atoms with Crippen LogP contribution in [0.15, 0.2) is 54.6 Å². The second kappa shape index (κ2) is 6.65. The zero-order valence-corrected chi connectivity index (χ0v) is 12.8. The average Bonchev–Trinajstić information content (AvgIpc) is 2.56. The average molecular weight is 295 g/mol. The number of hydrogen-bond donors (Lipinski definition) is 1. The van der Waals surface area contributed by atoms with Crippen LogP contribution in [0, 0.1) is 0 Å². The first kappa shape index (κ1) is 14.6. The Morgan fingerprint density at radius 2 is 1.77 bits per heavy atom. The summed E-state index contributed by atoms with van der Waals surface area (Å²) < 4.78 is 5.50. The molecule has 22 heavy (non-hydrogen) atoms. The van der Waals surface area contributed by atoms with E-state index in [1.807, 2.05) is 49.4 Å². The Labute approximate surface area is 131 Å². The van der Waals surface area contributed by atoms with Gasteiger partial charge in [-0.05, 0) is 36.6 Å². The van der Waals surface area contributed by atoms with Gasteiger partial charge in [0, 0.05) is 12.5 Å². The van der Waals surface area contributed by atoms with Crippen molar-refractivity contribution < 1.29 is 9.53 Å². The van der Waals surface area contributed by atoms with Crippen molar-refractivity contribution in [3.05, 3.63) is 65.7 Å². The first-order chi connectivity index (χ1) is 10.8. The second-order valence-electron chi connectivity index (χ2n) is 5.58. The molecule has 1 heterocycles. The van der Waals surface area contributed by atoms with E-state index in [1.165, 1.54) is 5.56 Å². The van der Waals surface area contributed by atoms with Gasteiger partial charge >= 0.3 is 0 Å². The molecule has 3 nitrogen and oxygen atoms in total. The van der Waals surface area contributed by atoms with Crippen LogP contribution in [-0.2, 0) is 4.79 Å². The molecular formula is C19H21NO2. The Bertz CT molecular complexity index is 622. The number of carbonyl (C=O) groups is 1. The van der Waals surface area contributed by atoms with Crippen molar-refractivity contribution >= 4 is 5.91 Å². The highest BCUT2D eigenvalue weighted by molar-refractivity contribution is 5.85. The van der Waals surface area contributed by atoms with Gasteiger partial charge in [0.05, 0.1) is 12.5 Å². The third-order valence-electron chi connectivity index (χ3n) is 4.22. The van der Waals surface area contributed by atoms with E-state index >= 15 is 0 Å². The number of piperidine rings is 1. The van der Waals surface area contributed by atoms with Gasteiger partial charge < -0.3 is 10.1 Å². The molecule has 0 unspecified atom stereocenters. The van der Waals surface area contributed by atoms with Gasteiger partial charge in [-0.3, -0.25) is 4.79 Å². The summed E-state index contributed by atoms with van der Waals surface area (Å²) in [6.07, 6.45) is 0.958. The summed E-state index contributed by atoms with van der Waals surface area (Å²) in [5.74, 6) is 1.10. The van der Waals surface area contributed by atoms with E-state index in [0.717, 1.165) is 24.3 Å². The van der Waals surface area contributed by atoms with E-state index in [0.29, 0.717) is 6.61 Å². The van der Waals surface area contributed by atoms with Crippen LogP contribution in [0.2, 0.25) is 0 Å². The molecule has 1 N–H and O–H groups in total. The van der Waals surface area contributed by atoms with Gasteiger partial charge in [0.2, 0.25) is 5.91 Å². The lowest BCUT2D eigenvalue weighted by Gasteiger charge is -2.32. The summed E-state index contributed by atoms with van der Waals surface area (Å²) in [6, 6.07) is 18.2. The highest BCUT2D eigenvalue weighted by Crippen LogP contribution is 2.38. The monoisotopic (exact) mass is 295 g/mol. The normalized spacial score (nSPS) is 21.2. The fraction of sp³-hybridized carbons (Fsp3) is 0.316. The van der Waals surface area contributed by atoms with Gasteiger partial charge in [-0.2, -0.15) is 0 Å². The third-order valence-corrected chi connectivity index (χ3v) is 4.22. The molecule has 1 aliphatic heterocycles. The molecule has 0 aromatic heterocycles. The maximum atomic E-state index is 12.4. The Kier molecular flexibility index (Phi) is 4.42. The van der Waals surface area contributed by atoms with Crippen molar-refractivity contribution in [1.29, 1.82) is 0 Å². The van der Waals surface area contributed by atoms with Gasteiger partial charge in [-0.25, -0.2) is 0 Å². The van der Waals surface area contributed by atoms with Gasteiger partial charge in [0.15, 0.2) is 0 Å². The van der Waals surface area contributed by atoms with Crippen LogP contribution in [0.4, 0.5) is 0 Å². The van der Waals surface area contributed by atoms with Crippen LogP contribution < -0.4 is 10.1 Å². The summed E-state index contributed by atoms with van der Waals surface area (Å²) in [5, 5.41) is 3.00. The molecular weight excluding hydrogens is 274 g/mol. The van der Waals surface area contributed by atoms with Crippen molar-refractivity contribution in [1.82, 2.24) is 5.32 Å². The van der Waals surface area contributed by atoms with E-state index < -0.39 is 0 Å². The maximum absolute atomic E-state index is 12.4. The number of ether oxygens (including phenoxy) is 1. The molecule has 3 heteroatoms. The van der Waals surface area contributed by atoms with E-state index in [2.05, 4.69) is 17.4 Å². The molecule has 1 fully saturated rings. The Hall–Kier alpha value is -2.29. The first-order valence-electron chi connectivity index (χ1n) is 7.85. The fourth-order valence-electron chi connectivity index (χ4n) is 3.19. The SMILES string of the molecule is CCOc1ccc([C@H]2CCNC(=O)[C@@H]2c2ccccc2)cc1. The smallest absolute Gasteiger partial charge is 0.228 e. The molecule has 0 radical (unpaired) electrons. The quantitative estimate of drug-likeness (QED) is 0.938. The fourth-order valence-corrected chi connectivity index (χ4v) is 3.19. The third kappa shape index (κ3) is 2.98.